The first kappa shape index (κ1) is 8.19. The highest BCUT2D eigenvalue weighted by atomic mass is 16.2. The fourth-order valence-corrected chi connectivity index (χ4v) is 1.15. The van der Waals surface area contributed by atoms with Crippen molar-refractivity contribution in [2.75, 3.05) is 18.4 Å². The van der Waals surface area contributed by atoms with Gasteiger partial charge in [0.2, 0.25) is 5.91 Å². The first-order valence-electron chi connectivity index (χ1n) is 4.28. The summed E-state index contributed by atoms with van der Waals surface area (Å²) in [6, 6.07) is 3.56. The first-order valence-corrected chi connectivity index (χ1v) is 4.28. The minimum absolute atomic E-state index is 0.0879. The highest BCUT2D eigenvalue weighted by Gasteiger charge is 2.24. The third-order valence-electron chi connectivity index (χ3n) is 2.10. The molecule has 1 aliphatic rings. The van der Waals surface area contributed by atoms with Crippen LogP contribution >= 0.6 is 0 Å². The highest BCUT2D eigenvalue weighted by molar-refractivity contribution is 5.93. The zero-order valence-electron chi connectivity index (χ0n) is 7.16. The molecule has 13 heavy (non-hydrogen) atoms. The average Bonchev–Trinajstić information content (AvgIpc) is 2.02. The number of rotatable bonds is 2. The second-order valence-electron chi connectivity index (χ2n) is 3.08. The molecule has 0 aromatic carbocycles. The van der Waals surface area contributed by atoms with E-state index in [0.29, 0.717) is 0 Å². The molecule has 0 atom stereocenters. The van der Waals surface area contributed by atoms with Crippen molar-refractivity contribution in [2.24, 2.45) is 5.92 Å². The predicted molar refractivity (Wildman–Crippen MR) is 49.2 cm³/mol. The predicted octanol–water partition coefficient (Wildman–Crippen LogP) is 0.239. The smallest absolute Gasteiger partial charge is 0.230 e. The number of hydrogen-bond acceptors (Lipinski definition) is 3. The van der Waals surface area contributed by atoms with Gasteiger partial charge in [-0.2, -0.15) is 0 Å². The van der Waals surface area contributed by atoms with E-state index in [2.05, 4.69) is 15.6 Å². The molecule has 1 aromatic rings. The number of hydrogen-bond donors (Lipinski definition) is 2. The van der Waals surface area contributed by atoms with E-state index in [9.17, 15) is 4.79 Å². The normalized spacial score (nSPS) is 16.3. The van der Waals surface area contributed by atoms with E-state index < -0.39 is 0 Å². The van der Waals surface area contributed by atoms with Crippen LogP contribution in [0.25, 0.3) is 0 Å². The van der Waals surface area contributed by atoms with E-state index in [1.165, 1.54) is 0 Å². The van der Waals surface area contributed by atoms with E-state index in [-0.39, 0.29) is 11.8 Å². The lowest BCUT2D eigenvalue weighted by molar-refractivity contribution is -0.121. The maximum Gasteiger partial charge on any atom is 0.230 e. The van der Waals surface area contributed by atoms with Gasteiger partial charge in [0.1, 0.15) is 0 Å². The van der Waals surface area contributed by atoms with Crippen LogP contribution in [0.5, 0.6) is 0 Å². The maximum absolute atomic E-state index is 11.4. The molecular formula is C9H11N3O. The molecule has 0 spiro atoms. The number of anilines is 1. The van der Waals surface area contributed by atoms with Crippen molar-refractivity contribution < 1.29 is 4.79 Å². The lowest BCUT2D eigenvalue weighted by Gasteiger charge is -2.25. The third kappa shape index (κ3) is 1.84. The zero-order chi connectivity index (χ0) is 9.10. The van der Waals surface area contributed by atoms with Crippen molar-refractivity contribution in [1.29, 1.82) is 0 Å². The van der Waals surface area contributed by atoms with Gasteiger partial charge in [-0.3, -0.25) is 9.78 Å². The van der Waals surface area contributed by atoms with Gasteiger partial charge in [-0.25, -0.2) is 0 Å². The standard InChI is InChI=1S/C9H11N3O/c13-9(7-5-11-6-7)12-8-1-3-10-4-2-8/h1-4,7,11H,5-6H2,(H,10,12,13). The van der Waals surface area contributed by atoms with E-state index in [1.807, 2.05) is 0 Å². The number of amides is 1. The van der Waals surface area contributed by atoms with Crippen LogP contribution in [-0.4, -0.2) is 24.0 Å². The molecule has 68 valence electrons. The molecule has 2 N–H and O–H groups in total. The monoisotopic (exact) mass is 177 g/mol. The molecule has 2 rings (SSSR count). The Morgan fingerprint density at radius 3 is 2.69 bits per heavy atom. The van der Waals surface area contributed by atoms with Gasteiger partial charge >= 0.3 is 0 Å². The van der Waals surface area contributed by atoms with Crippen LogP contribution in [0.2, 0.25) is 0 Å². The first-order chi connectivity index (χ1) is 6.36. The van der Waals surface area contributed by atoms with Gasteiger partial charge in [-0.15, -0.1) is 0 Å². The van der Waals surface area contributed by atoms with Crippen LogP contribution in [0.1, 0.15) is 0 Å². The Kier molecular flexibility index (Phi) is 2.23. The van der Waals surface area contributed by atoms with Gasteiger partial charge in [0.25, 0.3) is 0 Å². The van der Waals surface area contributed by atoms with E-state index >= 15 is 0 Å². The maximum atomic E-state index is 11.4. The Morgan fingerprint density at radius 1 is 1.46 bits per heavy atom. The van der Waals surface area contributed by atoms with Crippen LogP contribution in [0.4, 0.5) is 5.69 Å². The molecular weight excluding hydrogens is 166 g/mol. The van der Waals surface area contributed by atoms with Crippen LogP contribution in [0.15, 0.2) is 24.5 Å². The van der Waals surface area contributed by atoms with E-state index in [1.54, 1.807) is 24.5 Å². The lowest BCUT2D eigenvalue weighted by atomic mass is 10.0. The number of carbonyl (C=O) groups is 1. The van der Waals surface area contributed by atoms with Crippen LogP contribution in [-0.2, 0) is 4.79 Å². The van der Waals surface area contributed by atoms with Gasteiger partial charge < -0.3 is 10.6 Å². The molecule has 0 radical (unpaired) electrons. The average molecular weight is 177 g/mol. The summed E-state index contributed by atoms with van der Waals surface area (Å²) in [5, 5.41) is 5.88. The molecule has 0 bridgehead atoms. The zero-order valence-corrected chi connectivity index (χ0v) is 7.16. The summed E-state index contributed by atoms with van der Waals surface area (Å²) in [7, 11) is 0. The molecule has 1 amide bonds. The molecule has 4 heteroatoms. The van der Waals surface area contributed by atoms with Crippen molar-refractivity contribution in [3.8, 4) is 0 Å². The van der Waals surface area contributed by atoms with Crippen molar-refractivity contribution in [1.82, 2.24) is 10.3 Å². The Morgan fingerprint density at radius 2 is 2.15 bits per heavy atom. The second kappa shape index (κ2) is 3.53. The minimum atomic E-state index is 0.0879. The Hall–Kier alpha value is -1.42. The van der Waals surface area contributed by atoms with Crippen molar-refractivity contribution in [3.63, 3.8) is 0 Å². The largest absolute Gasteiger partial charge is 0.326 e. The number of nitrogens with one attached hydrogen (secondary N) is 2. The molecule has 1 fully saturated rings. The second-order valence-corrected chi connectivity index (χ2v) is 3.08. The summed E-state index contributed by atoms with van der Waals surface area (Å²) in [6.07, 6.45) is 3.32. The van der Waals surface area contributed by atoms with Gasteiger partial charge in [0.15, 0.2) is 0 Å². The third-order valence-corrected chi connectivity index (χ3v) is 2.10. The Balaban J connectivity index is 1.94. The molecule has 1 saturated heterocycles. The lowest BCUT2D eigenvalue weighted by Crippen LogP contribution is -2.48. The SMILES string of the molecule is O=C(Nc1ccncc1)C1CNC1. The highest BCUT2D eigenvalue weighted by Crippen LogP contribution is 2.09. The van der Waals surface area contributed by atoms with Crippen molar-refractivity contribution in [2.45, 2.75) is 0 Å². The summed E-state index contributed by atoms with van der Waals surface area (Å²) in [5.74, 6) is 0.220. The fraction of sp³-hybridized carbons (Fsp3) is 0.333. The fourth-order valence-electron chi connectivity index (χ4n) is 1.15. The van der Waals surface area contributed by atoms with Crippen molar-refractivity contribution >= 4 is 11.6 Å². The van der Waals surface area contributed by atoms with E-state index in [4.69, 9.17) is 0 Å². The van der Waals surface area contributed by atoms with Gasteiger partial charge in [-0.1, -0.05) is 0 Å². The van der Waals surface area contributed by atoms with Gasteiger partial charge in [0.05, 0.1) is 5.92 Å². The number of aromatic nitrogens is 1. The molecule has 1 aliphatic heterocycles. The van der Waals surface area contributed by atoms with Crippen LogP contribution in [0.3, 0.4) is 0 Å². The number of nitrogens with zero attached hydrogens (tertiary/aromatic N) is 1. The molecule has 0 unspecified atom stereocenters. The summed E-state index contributed by atoms with van der Waals surface area (Å²) >= 11 is 0. The molecule has 1 aromatic heterocycles. The van der Waals surface area contributed by atoms with E-state index in [0.717, 1.165) is 18.8 Å². The van der Waals surface area contributed by atoms with Crippen molar-refractivity contribution in [3.05, 3.63) is 24.5 Å². The quantitative estimate of drug-likeness (QED) is 0.680. The van der Waals surface area contributed by atoms with Gasteiger partial charge in [-0.05, 0) is 12.1 Å². The summed E-state index contributed by atoms with van der Waals surface area (Å²) in [6.45, 7) is 1.58. The summed E-state index contributed by atoms with van der Waals surface area (Å²) < 4.78 is 0. The number of pyridine rings is 1. The molecule has 0 saturated carbocycles. The Labute approximate surface area is 76.4 Å². The Bertz CT molecular complexity index is 295. The summed E-state index contributed by atoms with van der Waals surface area (Å²) in [4.78, 5) is 15.3. The molecule has 2 heterocycles. The topological polar surface area (TPSA) is 54.0 Å². The molecule has 4 nitrogen and oxygen atoms in total. The minimum Gasteiger partial charge on any atom is -0.326 e. The van der Waals surface area contributed by atoms with Crippen LogP contribution < -0.4 is 10.6 Å². The summed E-state index contributed by atoms with van der Waals surface area (Å²) in [5.41, 5.74) is 0.812. The number of carbonyl (C=O) groups excluding carboxylic acids is 1. The van der Waals surface area contributed by atoms with Crippen LogP contribution in [0, 0.1) is 5.92 Å². The van der Waals surface area contributed by atoms with Gasteiger partial charge in [0, 0.05) is 31.2 Å². The molecule has 0 aliphatic carbocycles.